The molecule has 4 rings (SSSR count). The molecule has 2 atom stereocenters. The maximum Gasteiger partial charge on any atom is 0.407 e. The third-order valence-corrected chi connectivity index (χ3v) is 5.93. The molecule has 11 nitrogen and oxygen atoms in total. The number of methoxy groups -OCH3 is 1. The molecule has 0 aliphatic carbocycles. The number of carbonyl (C=O) groups is 2. The number of likely N-dealkylation sites (tertiary alicyclic amines) is 1. The SMILES string of the molecule is C=CCOC(=O)NC1CCN(Cc2ccn3cnnc(Nc4cccc(OC)c4)c23)C[C@H]1C(=O)O. The molecule has 1 amide bonds. The Hall–Kier alpha value is -4.12. The van der Waals surface area contributed by atoms with Crippen molar-refractivity contribution in [3.8, 4) is 5.75 Å². The van der Waals surface area contributed by atoms with Crippen LogP contribution in [0.25, 0.3) is 5.52 Å². The lowest BCUT2D eigenvalue weighted by Gasteiger charge is -2.36. The Balaban J connectivity index is 1.50. The standard InChI is InChI=1S/C24H28N6O5/c1-3-11-35-24(33)27-20-8-9-29(14-19(20)23(31)32)13-16-7-10-30-15-25-28-22(21(16)30)26-17-5-4-6-18(12-17)34-2/h3-7,10,12,15,19-20H,1,8-9,11,13-14H2,2H3,(H,26,28)(H,27,33)(H,31,32)/t19-,20?/m1/s1. The number of carbonyl (C=O) groups excluding carboxylic acids is 1. The molecule has 0 radical (unpaired) electrons. The molecule has 0 saturated carbocycles. The Bertz CT molecular complexity index is 1210. The number of piperidine rings is 1. The van der Waals surface area contributed by atoms with Gasteiger partial charge in [0.1, 0.15) is 18.7 Å². The fourth-order valence-corrected chi connectivity index (χ4v) is 4.25. The van der Waals surface area contributed by atoms with Crippen LogP contribution in [0, 0.1) is 5.92 Å². The van der Waals surface area contributed by atoms with Crippen molar-refractivity contribution in [1.82, 2.24) is 24.8 Å². The number of alkyl carbamates (subject to hydrolysis) is 1. The van der Waals surface area contributed by atoms with Gasteiger partial charge in [0.05, 0.1) is 18.5 Å². The summed E-state index contributed by atoms with van der Waals surface area (Å²) in [5, 5.41) is 24.1. The molecule has 3 N–H and O–H groups in total. The van der Waals surface area contributed by atoms with Crippen LogP contribution in [-0.4, -0.2) is 69.5 Å². The summed E-state index contributed by atoms with van der Waals surface area (Å²) >= 11 is 0. The lowest BCUT2D eigenvalue weighted by molar-refractivity contribution is -0.144. The van der Waals surface area contributed by atoms with Gasteiger partial charge in [-0.15, -0.1) is 10.2 Å². The summed E-state index contributed by atoms with van der Waals surface area (Å²) in [5.41, 5.74) is 2.63. The third kappa shape index (κ3) is 5.69. The van der Waals surface area contributed by atoms with Crippen LogP contribution in [-0.2, 0) is 16.1 Å². The van der Waals surface area contributed by atoms with Crippen LogP contribution in [0.15, 0.2) is 55.5 Å². The first-order chi connectivity index (χ1) is 17.0. The molecule has 1 unspecified atom stereocenters. The number of benzene rings is 1. The summed E-state index contributed by atoms with van der Waals surface area (Å²) in [4.78, 5) is 26.0. The maximum absolute atomic E-state index is 12.0. The van der Waals surface area contributed by atoms with Gasteiger partial charge >= 0.3 is 12.1 Å². The number of nitrogens with zero attached hydrogens (tertiary/aromatic N) is 4. The Morgan fingerprint density at radius 3 is 2.97 bits per heavy atom. The van der Waals surface area contributed by atoms with Gasteiger partial charge in [-0.1, -0.05) is 18.7 Å². The number of rotatable bonds is 9. The third-order valence-electron chi connectivity index (χ3n) is 5.93. The molecule has 1 saturated heterocycles. The molecule has 35 heavy (non-hydrogen) atoms. The average molecular weight is 481 g/mol. The smallest absolute Gasteiger partial charge is 0.407 e. The highest BCUT2D eigenvalue weighted by Gasteiger charge is 2.35. The van der Waals surface area contributed by atoms with Crippen LogP contribution in [0.5, 0.6) is 5.75 Å². The highest BCUT2D eigenvalue weighted by molar-refractivity contribution is 5.77. The van der Waals surface area contributed by atoms with Gasteiger partial charge in [-0.05, 0) is 30.2 Å². The van der Waals surface area contributed by atoms with Crippen LogP contribution in [0.4, 0.5) is 16.3 Å². The van der Waals surface area contributed by atoms with Gasteiger partial charge in [-0.3, -0.25) is 9.69 Å². The van der Waals surface area contributed by atoms with Crippen LogP contribution >= 0.6 is 0 Å². The Morgan fingerprint density at radius 2 is 2.20 bits per heavy atom. The zero-order valence-electron chi connectivity index (χ0n) is 19.4. The van der Waals surface area contributed by atoms with E-state index in [1.807, 2.05) is 40.9 Å². The number of hydrogen-bond donors (Lipinski definition) is 3. The molecule has 11 heteroatoms. The number of aromatic nitrogens is 3. The molecule has 1 aliphatic rings. The Kier molecular flexibility index (Phi) is 7.46. The minimum absolute atomic E-state index is 0.0686. The fraction of sp³-hybridized carbons (Fsp3) is 0.333. The number of hydrogen-bond acceptors (Lipinski definition) is 8. The number of anilines is 2. The summed E-state index contributed by atoms with van der Waals surface area (Å²) in [6.07, 6.45) is 4.83. The number of aliphatic carboxylic acids is 1. The first-order valence-corrected chi connectivity index (χ1v) is 11.2. The zero-order valence-corrected chi connectivity index (χ0v) is 19.4. The van der Waals surface area contributed by atoms with Crippen molar-refractivity contribution >= 4 is 29.1 Å². The predicted molar refractivity (Wildman–Crippen MR) is 129 cm³/mol. The predicted octanol–water partition coefficient (Wildman–Crippen LogP) is 2.67. The molecule has 184 valence electrons. The van der Waals surface area contributed by atoms with E-state index in [-0.39, 0.29) is 13.2 Å². The zero-order chi connectivity index (χ0) is 24.8. The molecular weight excluding hydrogens is 452 g/mol. The van der Waals surface area contributed by atoms with E-state index >= 15 is 0 Å². The van der Waals surface area contributed by atoms with Gasteiger partial charge in [0.15, 0.2) is 5.82 Å². The van der Waals surface area contributed by atoms with Crippen molar-refractivity contribution in [2.75, 3.05) is 32.1 Å². The number of fused-ring (bicyclic) bond motifs is 1. The van der Waals surface area contributed by atoms with Crippen molar-refractivity contribution < 1.29 is 24.2 Å². The topological polar surface area (TPSA) is 130 Å². The lowest BCUT2D eigenvalue weighted by Crippen LogP contribution is -2.53. The van der Waals surface area contributed by atoms with Crippen molar-refractivity contribution in [3.63, 3.8) is 0 Å². The highest BCUT2D eigenvalue weighted by Crippen LogP contribution is 2.27. The molecule has 1 fully saturated rings. The first-order valence-electron chi connectivity index (χ1n) is 11.2. The second-order valence-electron chi connectivity index (χ2n) is 8.24. The van der Waals surface area contributed by atoms with E-state index in [0.717, 1.165) is 22.5 Å². The summed E-state index contributed by atoms with van der Waals surface area (Å²) in [6.45, 7) is 4.99. The summed E-state index contributed by atoms with van der Waals surface area (Å²) < 4.78 is 12.1. The number of carboxylic acid groups (broad SMARTS) is 1. The minimum Gasteiger partial charge on any atom is -0.497 e. The number of carboxylic acids is 1. The van der Waals surface area contributed by atoms with E-state index in [0.29, 0.717) is 25.3 Å². The normalized spacial score (nSPS) is 18.1. The second kappa shape index (κ2) is 10.9. The average Bonchev–Trinajstić information content (AvgIpc) is 3.27. The number of nitrogens with one attached hydrogen (secondary N) is 2. The molecule has 1 aromatic carbocycles. The molecule has 3 heterocycles. The Morgan fingerprint density at radius 1 is 1.34 bits per heavy atom. The largest absolute Gasteiger partial charge is 0.497 e. The monoisotopic (exact) mass is 480 g/mol. The van der Waals surface area contributed by atoms with Crippen LogP contribution in [0.1, 0.15) is 12.0 Å². The van der Waals surface area contributed by atoms with Gasteiger partial charge in [0.25, 0.3) is 0 Å². The van der Waals surface area contributed by atoms with Gasteiger partial charge in [-0.25, -0.2) is 4.79 Å². The van der Waals surface area contributed by atoms with Crippen molar-refractivity contribution in [2.45, 2.75) is 19.0 Å². The fourth-order valence-electron chi connectivity index (χ4n) is 4.25. The molecule has 1 aliphatic heterocycles. The number of amides is 1. The van der Waals surface area contributed by atoms with Gasteiger partial charge in [0.2, 0.25) is 0 Å². The number of ether oxygens (including phenoxy) is 2. The van der Waals surface area contributed by atoms with E-state index < -0.39 is 24.0 Å². The van der Waals surface area contributed by atoms with Crippen molar-refractivity contribution in [3.05, 3.63) is 61.1 Å². The van der Waals surface area contributed by atoms with Crippen LogP contribution in [0.2, 0.25) is 0 Å². The molecular formula is C24H28N6O5. The van der Waals surface area contributed by atoms with Gasteiger partial charge in [-0.2, -0.15) is 0 Å². The van der Waals surface area contributed by atoms with E-state index in [1.54, 1.807) is 13.4 Å². The van der Waals surface area contributed by atoms with Crippen LogP contribution in [0.3, 0.4) is 0 Å². The van der Waals surface area contributed by atoms with Crippen molar-refractivity contribution in [2.24, 2.45) is 5.92 Å². The Labute approximate surface area is 202 Å². The minimum atomic E-state index is -0.961. The lowest BCUT2D eigenvalue weighted by atomic mass is 9.92. The van der Waals surface area contributed by atoms with E-state index in [2.05, 4.69) is 32.3 Å². The van der Waals surface area contributed by atoms with Crippen molar-refractivity contribution in [1.29, 1.82) is 0 Å². The highest BCUT2D eigenvalue weighted by atomic mass is 16.5. The van der Waals surface area contributed by atoms with E-state index in [4.69, 9.17) is 9.47 Å². The molecule has 2 aromatic heterocycles. The molecule has 0 bridgehead atoms. The second-order valence-corrected chi connectivity index (χ2v) is 8.24. The van der Waals surface area contributed by atoms with E-state index in [9.17, 15) is 14.7 Å². The first kappa shape index (κ1) is 24.0. The van der Waals surface area contributed by atoms with Gasteiger partial charge in [0, 0.05) is 43.6 Å². The quantitative estimate of drug-likeness (QED) is 0.396. The summed E-state index contributed by atoms with van der Waals surface area (Å²) in [6, 6.07) is 8.97. The summed E-state index contributed by atoms with van der Waals surface area (Å²) in [5.74, 6) is -0.424. The summed E-state index contributed by atoms with van der Waals surface area (Å²) in [7, 11) is 1.61. The van der Waals surface area contributed by atoms with Crippen LogP contribution < -0.4 is 15.4 Å². The maximum atomic E-state index is 12.0. The molecule has 0 spiro atoms. The van der Waals surface area contributed by atoms with E-state index in [1.165, 1.54) is 6.08 Å². The molecule has 3 aromatic rings. The van der Waals surface area contributed by atoms with Gasteiger partial charge < -0.3 is 29.6 Å².